The maximum atomic E-state index is 12.4. The van der Waals surface area contributed by atoms with E-state index < -0.39 is 5.97 Å². The largest absolute Gasteiger partial charge is 0.494 e. The number of amides is 1. The van der Waals surface area contributed by atoms with E-state index in [-0.39, 0.29) is 17.7 Å². The Morgan fingerprint density at radius 2 is 1.87 bits per heavy atom. The Morgan fingerprint density at radius 1 is 1.22 bits per heavy atom. The normalized spacial score (nSPS) is 20.8. The predicted molar refractivity (Wildman–Crippen MR) is 88.7 cm³/mol. The van der Waals surface area contributed by atoms with Crippen molar-refractivity contribution in [2.45, 2.75) is 46.0 Å². The highest BCUT2D eigenvalue weighted by Crippen LogP contribution is 2.30. The van der Waals surface area contributed by atoms with Gasteiger partial charge in [-0.1, -0.05) is 6.92 Å². The van der Waals surface area contributed by atoms with Crippen molar-refractivity contribution in [3.8, 4) is 5.75 Å². The Bertz CT molecular complexity index is 562. The van der Waals surface area contributed by atoms with Crippen molar-refractivity contribution in [1.82, 2.24) is 0 Å². The number of carboxylic acid groups (broad SMARTS) is 1. The van der Waals surface area contributed by atoms with Gasteiger partial charge in [-0.2, -0.15) is 0 Å². The summed E-state index contributed by atoms with van der Waals surface area (Å²) in [7, 11) is 0. The molecule has 0 aromatic heterocycles. The zero-order valence-electron chi connectivity index (χ0n) is 13.8. The fraction of sp³-hybridized carbons (Fsp3) is 0.556. The van der Waals surface area contributed by atoms with Crippen molar-refractivity contribution < 1.29 is 19.4 Å². The fourth-order valence-corrected chi connectivity index (χ4v) is 2.92. The summed E-state index contributed by atoms with van der Waals surface area (Å²) < 4.78 is 5.58. The molecule has 2 rings (SSSR count). The molecule has 5 heteroatoms. The van der Waals surface area contributed by atoms with E-state index >= 15 is 0 Å². The smallest absolute Gasteiger partial charge is 0.306 e. The number of carboxylic acids is 1. The van der Waals surface area contributed by atoms with Gasteiger partial charge in [-0.15, -0.1) is 0 Å². The second kappa shape index (κ2) is 7.99. The first-order valence-corrected chi connectivity index (χ1v) is 8.28. The first-order valence-electron chi connectivity index (χ1n) is 8.28. The third kappa shape index (κ3) is 4.71. The van der Waals surface area contributed by atoms with Crippen LogP contribution in [0.1, 0.15) is 44.6 Å². The highest BCUT2D eigenvalue weighted by atomic mass is 16.5. The zero-order valence-corrected chi connectivity index (χ0v) is 13.8. The summed E-state index contributed by atoms with van der Waals surface area (Å²) in [6.45, 7) is 4.67. The molecule has 1 aromatic rings. The van der Waals surface area contributed by atoms with E-state index in [1.165, 1.54) is 0 Å². The maximum Gasteiger partial charge on any atom is 0.306 e. The number of hydrogen-bond donors (Lipinski definition) is 2. The zero-order chi connectivity index (χ0) is 16.8. The van der Waals surface area contributed by atoms with Crippen LogP contribution < -0.4 is 10.1 Å². The molecule has 5 nitrogen and oxygen atoms in total. The average molecular weight is 319 g/mol. The number of carbonyl (C=O) groups is 2. The lowest BCUT2D eigenvalue weighted by Crippen LogP contribution is -2.29. The van der Waals surface area contributed by atoms with E-state index in [0.29, 0.717) is 32.3 Å². The molecule has 1 saturated carbocycles. The molecular weight excluding hydrogens is 294 g/mol. The van der Waals surface area contributed by atoms with Crippen molar-refractivity contribution >= 4 is 17.6 Å². The van der Waals surface area contributed by atoms with Gasteiger partial charge in [0.1, 0.15) is 5.75 Å². The lowest BCUT2D eigenvalue weighted by molar-refractivity contribution is -0.143. The van der Waals surface area contributed by atoms with Gasteiger partial charge in [0.25, 0.3) is 0 Å². The van der Waals surface area contributed by atoms with Crippen molar-refractivity contribution in [1.29, 1.82) is 0 Å². The molecule has 0 aliphatic heterocycles. The van der Waals surface area contributed by atoms with Gasteiger partial charge in [0.05, 0.1) is 12.5 Å². The third-order valence-corrected chi connectivity index (χ3v) is 4.38. The molecule has 2 N–H and O–H groups in total. The second-order valence-electron chi connectivity index (χ2n) is 6.20. The Labute approximate surface area is 137 Å². The van der Waals surface area contributed by atoms with Crippen LogP contribution in [0, 0.1) is 18.8 Å². The van der Waals surface area contributed by atoms with Crippen molar-refractivity contribution in [2.75, 3.05) is 11.9 Å². The number of rotatable bonds is 6. The summed E-state index contributed by atoms with van der Waals surface area (Å²) in [5.41, 5.74) is 1.75. The van der Waals surface area contributed by atoms with E-state index in [9.17, 15) is 9.59 Å². The van der Waals surface area contributed by atoms with Crippen LogP contribution in [0.5, 0.6) is 5.75 Å². The van der Waals surface area contributed by atoms with Crippen LogP contribution in [-0.4, -0.2) is 23.6 Å². The lowest BCUT2D eigenvalue weighted by Gasteiger charge is -2.25. The SMILES string of the molecule is CCCOc1ccc(NC(=O)C2CCC(C(=O)O)CC2)c(C)c1. The highest BCUT2D eigenvalue weighted by Gasteiger charge is 2.29. The summed E-state index contributed by atoms with van der Waals surface area (Å²) in [5, 5.41) is 12.0. The van der Waals surface area contributed by atoms with E-state index in [2.05, 4.69) is 12.2 Å². The quantitative estimate of drug-likeness (QED) is 0.840. The highest BCUT2D eigenvalue weighted by molar-refractivity contribution is 5.93. The van der Waals surface area contributed by atoms with Gasteiger partial charge in [-0.3, -0.25) is 9.59 Å². The molecule has 1 amide bonds. The maximum absolute atomic E-state index is 12.4. The van der Waals surface area contributed by atoms with E-state index in [0.717, 1.165) is 23.4 Å². The van der Waals surface area contributed by atoms with Crippen molar-refractivity contribution in [2.24, 2.45) is 11.8 Å². The summed E-state index contributed by atoms with van der Waals surface area (Å²) >= 11 is 0. The Hall–Kier alpha value is -2.04. The predicted octanol–water partition coefficient (Wildman–Crippen LogP) is 3.61. The molecule has 0 saturated heterocycles. The van der Waals surface area contributed by atoms with Crippen molar-refractivity contribution in [3.63, 3.8) is 0 Å². The van der Waals surface area contributed by atoms with Gasteiger partial charge in [-0.05, 0) is 62.8 Å². The molecule has 0 heterocycles. The van der Waals surface area contributed by atoms with Gasteiger partial charge >= 0.3 is 5.97 Å². The van der Waals surface area contributed by atoms with Crippen LogP contribution in [0.3, 0.4) is 0 Å². The Balaban J connectivity index is 1.91. The van der Waals surface area contributed by atoms with E-state index in [4.69, 9.17) is 9.84 Å². The molecule has 0 spiro atoms. The molecule has 0 radical (unpaired) electrons. The van der Waals surface area contributed by atoms with Crippen LogP contribution in [0.2, 0.25) is 0 Å². The van der Waals surface area contributed by atoms with Crippen LogP contribution in [0.25, 0.3) is 0 Å². The molecule has 1 aliphatic carbocycles. The number of ether oxygens (including phenoxy) is 1. The minimum atomic E-state index is -0.748. The Kier molecular flexibility index (Phi) is 6.02. The minimum absolute atomic E-state index is 0.0147. The molecule has 0 atom stereocenters. The summed E-state index contributed by atoms with van der Waals surface area (Å²) in [6, 6.07) is 5.65. The van der Waals surface area contributed by atoms with E-state index in [1.54, 1.807) is 0 Å². The van der Waals surface area contributed by atoms with Gasteiger partial charge in [0.15, 0.2) is 0 Å². The number of carbonyl (C=O) groups excluding carboxylic acids is 1. The van der Waals surface area contributed by atoms with E-state index in [1.807, 2.05) is 25.1 Å². The number of aryl methyl sites for hydroxylation is 1. The molecule has 126 valence electrons. The standard InChI is InChI=1S/C18H25NO4/c1-3-10-23-15-8-9-16(12(2)11-15)19-17(20)13-4-6-14(7-5-13)18(21)22/h8-9,11,13-14H,3-7,10H2,1-2H3,(H,19,20)(H,21,22). The molecule has 1 fully saturated rings. The fourth-order valence-electron chi connectivity index (χ4n) is 2.92. The summed E-state index contributed by atoms with van der Waals surface area (Å²) in [5.74, 6) is -0.345. The van der Waals surface area contributed by atoms with Crippen LogP contribution in [-0.2, 0) is 9.59 Å². The number of aliphatic carboxylic acids is 1. The number of nitrogens with one attached hydrogen (secondary N) is 1. The topological polar surface area (TPSA) is 75.6 Å². The van der Waals surface area contributed by atoms with Gasteiger partial charge in [0.2, 0.25) is 5.91 Å². The molecule has 1 aromatic carbocycles. The molecule has 23 heavy (non-hydrogen) atoms. The number of hydrogen-bond acceptors (Lipinski definition) is 3. The summed E-state index contributed by atoms with van der Waals surface area (Å²) in [4.78, 5) is 23.3. The molecular formula is C18H25NO4. The van der Waals surface area contributed by atoms with Gasteiger partial charge in [-0.25, -0.2) is 0 Å². The van der Waals surface area contributed by atoms with Gasteiger partial charge in [0, 0.05) is 11.6 Å². The first kappa shape index (κ1) is 17.3. The first-order chi connectivity index (χ1) is 11.0. The number of anilines is 1. The summed E-state index contributed by atoms with van der Waals surface area (Å²) in [6.07, 6.45) is 3.39. The average Bonchev–Trinajstić information content (AvgIpc) is 2.55. The van der Waals surface area contributed by atoms with Gasteiger partial charge < -0.3 is 15.2 Å². The monoisotopic (exact) mass is 319 g/mol. The molecule has 0 unspecified atom stereocenters. The molecule has 0 bridgehead atoms. The number of benzene rings is 1. The lowest BCUT2D eigenvalue weighted by atomic mass is 9.81. The van der Waals surface area contributed by atoms with Crippen LogP contribution >= 0.6 is 0 Å². The van der Waals surface area contributed by atoms with Crippen LogP contribution in [0.4, 0.5) is 5.69 Å². The minimum Gasteiger partial charge on any atom is -0.494 e. The Morgan fingerprint density at radius 3 is 2.43 bits per heavy atom. The van der Waals surface area contributed by atoms with Crippen LogP contribution in [0.15, 0.2) is 18.2 Å². The van der Waals surface area contributed by atoms with Crippen molar-refractivity contribution in [3.05, 3.63) is 23.8 Å². The second-order valence-corrected chi connectivity index (χ2v) is 6.20. The molecule has 1 aliphatic rings. The third-order valence-electron chi connectivity index (χ3n) is 4.38.